The van der Waals surface area contributed by atoms with E-state index in [0.717, 1.165) is 33.6 Å². The molecule has 0 aliphatic carbocycles. The molecule has 2 aromatic heterocycles. The van der Waals surface area contributed by atoms with Crippen LogP contribution < -0.4 is 0 Å². The number of nitrogens with zero attached hydrogens (tertiary/aromatic N) is 1. The highest BCUT2D eigenvalue weighted by Gasteiger charge is 2.29. The minimum Gasteiger partial charge on any atom is -0.504 e. The Kier molecular flexibility index (Phi) is 7.25. The SMILES string of the molecule is Cc1ccc(C(C)(C)CC(C)(C)C)cc1-c1scc(-n2c3ccc(C(C)(C)C)cc3c3cc(C(C)(C)C)ccc32)c1O. The number of thiophene rings is 1. The molecule has 0 saturated carbocycles. The number of rotatable bonds is 4. The van der Waals surface area contributed by atoms with Crippen LogP contribution in [0.3, 0.4) is 0 Å². The zero-order chi connectivity index (χ0) is 31.0. The zero-order valence-corrected chi connectivity index (χ0v) is 28.6. The first-order valence-corrected chi connectivity index (χ1v) is 16.2. The van der Waals surface area contributed by atoms with Gasteiger partial charge in [-0.15, -0.1) is 11.3 Å². The number of aromatic hydroxyl groups is 1. The van der Waals surface area contributed by atoms with Gasteiger partial charge in [0.15, 0.2) is 5.75 Å². The molecule has 42 heavy (non-hydrogen) atoms. The lowest BCUT2D eigenvalue weighted by molar-refractivity contribution is 0.284. The maximum Gasteiger partial charge on any atom is 0.158 e. The summed E-state index contributed by atoms with van der Waals surface area (Å²) in [5.41, 5.74) is 9.69. The maximum absolute atomic E-state index is 11.9. The number of hydrogen-bond acceptors (Lipinski definition) is 2. The normalized spacial score (nSPS) is 13.4. The highest BCUT2D eigenvalue weighted by Crippen LogP contribution is 2.47. The first-order valence-electron chi connectivity index (χ1n) is 15.3. The van der Waals surface area contributed by atoms with Gasteiger partial charge in [0.25, 0.3) is 0 Å². The highest BCUT2D eigenvalue weighted by molar-refractivity contribution is 7.14. The van der Waals surface area contributed by atoms with Crippen molar-refractivity contribution in [2.45, 2.75) is 106 Å². The Labute approximate surface area is 257 Å². The lowest BCUT2D eigenvalue weighted by Gasteiger charge is -2.33. The summed E-state index contributed by atoms with van der Waals surface area (Å²) in [4.78, 5) is 0.934. The standard InChI is InChI=1S/C39H49NOS/c1-24-13-14-27(39(11,12)23-36(2,3)4)21-28(24)35-34(41)33(22-42-35)40-31-17-15-25(37(5,6)7)19-29(31)30-20-26(38(8,9)10)16-18-32(30)40/h13-22,41H,23H2,1-12H3. The van der Waals surface area contributed by atoms with Crippen LogP contribution in [0.4, 0.5) is 0 Å². The second kappa shape index (κ2) is 10.0. The average molecular weight is 580 g/mol. The highest BCUT2D eigenvalue weighted by atomic mass is 32.1. The molecule has 0 amide bonds. The predicted molar refractivity (Wildman–Crippen MR) is 185 cm³/mol. The van der Waals surface area contributed by atoms with E-state index >= 15 is 0 Å². The molecular weight excluding hydrogens is 531 g/mol. The van der Waals surface area contributed by atoms with Crippen LogP contribution in [0.1, 0.15) is 105 Å². The van der Waals surface area contributed by atoms with Crippen molar-refractivity contribution in [3.63, 3.8) is 0 Å². The van der Waals surface area contributed by atoms with Crippen molar-refractivity contribution >= 4 is 33.1 Å². The van der Waals surface area contributed by atoms with Gasteiger partial charge < -0.3 is 9.67 Å². The Hall–Kier alpha value is -3.04. The van der Waals surface area contributed by atoms with Gasteiger partial charge in [-0.25, -0.2) is 0 Å². The van der Waals surface area contributed by atoms with Crippen molar-refractivity contribution in [3.05, 3.63) is 82.2 Å². The first-order chi connectivity index (χ1) is 19.3. The molecule has 0 bridgehead atoms. The van der Waals surface area contributed by atoms with E-state index in [1.807, 2.05) is 0 Å². The van der Waals surface area contributed by atoms with E-state index in [4.69, 9.17) is 0 Å². The summed E-state index contributed by atoms with van der Waals surface area (Å²) >= 11 is 1.64. The second-order valence-corrected chi connectivity index (χ2v) is 17.1. The van der Waals surface area contributed by atoms with E-state index in [-0.39, 0.29) is 21.7 Å². The number of aromatic nitrogens is 1. The fourth-order valence-corrected chi connectivity index (χ4v) is 7.63. The lowest BCUT2D eigenvalue weighted by Crippen LogP contribution is -2.24. The molecule has 3 heteroatoms. The lowest BCUT2D eigenvalue weighted by atomic mass is 9.72. The fourth-order valence-electron chi connectivity index (χ4n) is 6.62. The minimum absolute atomic E-state index is 0.0266. The fraction of sp³-hybridized carbons (Fsp3) is 0.436. The van der Waals surface area contributed by atoms with Gasteiger partial charge in [-0.05, 0) is 93.2 Å². The molecule has 5 aromatic rings. The van der Waals surface area contributed by atoms with E-state index in [1.54, 1.807) is 11.3 Å². The Balaban J connectivity index is 1.73. The third-order valence-corrected chi connectivity index (χ3v) is 9.71. The van der Waals surface area contributed by atoms with E-state index < -0.39 is 0 Å². The van der Waals surface area contributed by atoms with Gasteiger partial charge in [0.05, 0.1) is 21.6 Å². The molecule has 0 atom stereocenters. The van der Waals surface area contributed by atoms with Crippen molar-refractivity contribution in [1.29, 1.82) is 0 Å². The molecule has 1 N–H and O–H groups in total. The number of aryl methyl sites for hydroxylation is 1. The van der Waals surface area contributed by atoms with E-state index in [2.05, 4.69) is 148 Å². The van der Waals surface area contributed by atoms with Gasteiger partial charge in [-0.1, -0.05) is 100 Å². The number of benzene rings is 3. The summed E-state index contributed by atoms with van der Waals surface area (Å²) in [6.45, 7) is 27.4. The van der Waals surface area contributed by atoms with Crippen LogP contribution in [0.2, 0.25) is 0 Å². The summed E-state index contributed by atoms with van der Waals surface area (Å²) < 4.78 is 2.27. The van der Waals surface area contributed by atoms with Crippen LogP contribution in [-0.2, 0) is 16.2 Å². The molecule has 0 radical (unpaired) electrons. The first kappa shape index (κ1) is 30.4. The van der Waals surface area contributed by atoms with Crippen molar-refractivity contribution in [2.75, 3.05) is 0 Å². The Morgan fingerprint density at radius 3 is 1.64 bits per heavy atom. The molecule has 0 aliphatic rings. The molecule has 2 heterocycles. The van der Waals surface area contributed by atoms with Crippen LogP contribution in [0.15, 0.2) is 60.0 Å². The van der Waals surface area contributed by atoms with Gasteiger partial charge in [0.2, 0.25) is 0 Å². The van der Waals surface area contributed by atoms with E-state index in [9.17, 15) is 5.11 Å². The van der Waals surface area contributed by atoms with Crippen LogP contribution in [-0.4, -0.2) is 9.67 Å². The minimum atomic E-state index is 0.0266. The molecule has 0 unspecified atom stereocenters. The predicted octanol–water partition coefficient (Wildman–Crippen LogP) is 11.8. The zero-order valence-electron chi connectivity index (χ0n) is 27.8. The van der Waals surface area contributed by atoms with Crippen molar-refractivity contribution in [2.24, 2.45) is 5.41 Å². The van der Waals surface area contributed by atoms with Crippen molar-refractivity contribution < 1.29 is 5.11 Å². The molecule has 0 spiro atoms. The third-order valence-electron chi connectivity index (χ3n) is 8.72. The summed E-state index contributed by atoms with van der Waals surface area (Å²) in [6, 6.07) is 20.5. The summed E-state index contributed by atoms with van der Waals surface area (Å²) in [5.74, 6) is 0.354. The van der Waals surface area contributed by atoms with Crippen LogP contribution in [0.25, 0.3) is 37.9 Å². The van der Waals surface area contributed by atoms with Crippen molar-refractivity contribution in [1.82, 2.24) is 4.57 Å². The molecule has 2 nitrogen and oxygen atoms in total. The summed E-state index contributed by atoms with van der Waals surface area (Å²) in [7, 11) is 0. The number of hydrogen-bond donors (Lipinski definition) is 1. The van der Waals surface area contributed by atoms with Gasteiger partial charge in [-0.3, -0.25) is 0 Å². The van der Waals surface area contributed by atoms with E-state index in [0.29, 0.717) is 5.75 Å². The van der Waals surface area contributed by atoms with Crippen LogP contribution in [0, 0.1) is 12.3 Å². The Morgan fingerprint density at radius 2 is 1.17 bits per heavy atom. The molecule has 0 aliphatic heterocycles. The second-order valence-electron chi connectivity index (χ2n) is 16.2. The number of fused-ring (bicyclic) bond motifs is 3. The average Bonchev–Trinajstić information content (AvgIpc) is 3.38. The molecule has 0 saturated heterocycles. The van der Waals surface area contributed by atoms with Gasteiger partial charge in [0, 0.05) is 16.2 Å². The van der Waals surface area contributed by atoms with Crippen molar-refractivity contribution in [3.8, 4) is 21.9 Å². The Morgan fingerprint density at radius 1 is 0.667 bits per heavy atom. The summed E-state index contributed by atoms with van der Waals surface area (Å²) in [5, 5.41) is 16.5. The third kappa shape index (κ3) is 5.53. The van der Waals surface area contributed by atoms with Gasteiger partial charge in [0.1, 0.15) is 0 Å². The van der Waals surface area contributed by atoms with E-state index in [1.165, 1.54) is 33.0 Å². The smallest absolute Gasteiger partial charge is 0.158 e. The van der Waals surface area contributed by atoms with Gasteiger partial charge >= 0.3 is 0 Å². The largest absolute Gasteiger partial charge is 0.504 e. The topological polar surface area (TPSA) is 25.2 Å². The molecule has 0 fully saturated rings. The van der Waals surface area contributed by atoms with Gasteiger partial charge in [-0.2, -0.15) is 0 Å². The quantitative estimate of drug-likeness (QED) is 0.225. The molecular formula is C39H49NOS. The van der Waals surface area contributed by atoms with Crippen LogP contribution >= 0.6 is 11.3 Å². The Bertz CT molecular complexity index is 1720. The summed E-state index contributed by atoms with van der Waals surface area (Å²) in [6.07, 6.45) is 1.08. The molecule has 3 aromatic carbocycles. The monoisotopic (exact) mass is 579 g/mol. The van der Waals surface area contributed by atoms with Crippen LogP contribution in [0.5, 0.6) is 5.75 Å². The molecule has 222 valence electrons. The maximum atomic E-state index is 11.9. The molecule has 5 rings (SSSR count).